The molecule has 0 fully saturated rings. The summed E-state index contributed by atoms with van der Waals surface area (Å²) in [6.45, 7) is 0. The third kappa shape index (κ3) is 2.56. The Morgan fingerprint density at radius 3 is 2.57 bits per heavy atom. The van der Waals surface area contributed by atoms with Crippen molar-refractivity contribution in [2.75, 3.05) is 19.3 Å². The maximum Gasteiger partial charge on any atom is 0.397 e. The highest BCUT2D eigenvalue weighted by Crippen LogP contribution is 2.21. The molecule has 0 aliphatic rings. The van der Waals surface area contributed by atoms with Crippen LogP contribution in [0.3, 0.4) is 0 Å². The standard InChI is InChI=1S/C13H11NO7/c1-19-7-3-4-10-8(5-7)11(15)9(6-21-10)14(20-2)12(16)13(17)18/h3-6H,1-2H3,(H,17,18). The molecule has 1 N–H and O–H groups in total. The van der Waals surface area contributed by atoms with Crippen LogP contribution in [-0.2, 0) is 14.4 Å². The van der Waals surface area contributed by atoms with Crippen molar-refractivity contribution in [3.63, 3.8) is 0 Å². The quantitative estimate of drug-likeness (QED) is 0.658. The fourth-order valence-electron chi connectivity index (χ4n) is 1.74. The second-order valence-corrected chi connectivity index (χ2v) is 3.90. The Labute approximate surface area is 118 Å². The van der Waals surface area contributed by atoms with Crippen molar-refractivity contribution >= 4 is 28.5 Å². The van der Waals surface area contributed by atoms with Gasteiger partial charge in [0.15, 0.2) is 5.69 Å². The Morgan fingerprint density at radius 1 is 1.29 bits per heavy atom. The van der Waals surface area contributed by atoms with Crippen LogP contribution in [0.2, 0.25) is 0 Å². The van der Waals surface area contributed by atoms with Crippen LogP contribution in [0.15, 0.2) is 33.7 Å². The molecule has 0 aliphatic carbocycles. The number of anilines is 1. The highest BCUT2D eigenvalue weighted by molar-refractivity contribution is 6.36. The zero-order valence-electron chi connectivity index (χ0n) is 11.2. The van der Waals surface area contributed by atoms with E-state index in [1.54, 1.807) is 6.07 Å². The van der Waals surface area contributed by atoms with Gasteiger partial charge in [-0.1, -0.05) is 0 Å². The van der Waals surface area contributed by atoms with Crippen molar-refractivity contribution in [1.82, 2.24) is 0 Å². The minimum absolute atomic E-state index is 0.132. The fourth-order valence-corrected chi connectivity index (χ4v) is 1.74. The number of nitrogens with zero attached hydrogens (tertiary/aromatic N) is 1. The molecule has 1 amide bonds. The summed E-state index contributed by atoms with van der Waals surface area (Å²) in [5.74, 6) is -2.76. The van der Waals surface area contributed by atoms with Gasteiger partial charge in [0.2, 0.25) is 5.43 Å². The Kier molecular flexibility index (Phi) is 3.90. The Bertz CT molecular complexity index is 765. The first-order valence-corrected chi connectivity index (χ1v) is 5.70. The van der Waals surface area contributed by atoms with E-state index in [4.69, 9.17) is 14.3 Å². The summed E-state index contributed by atoms with van der Waals surface area (Å²) in [4.78, 5) is 39.2. The number of aliphatic carboxylic acids is 1. The minimum atomic E-state index is -1.76. The van der Waals surface area contributed by atoms with Crippen LogP contribution in [0.4, 0.5) is 5.69 Å². The maximum absolute atomic E-state index is 12.3. The smallest absolute Gasteiger partial charge is 0.397 e. The molecule has 0 radical (unpaired) electrons. The Hall–Kier alpha value is -2.87. The van der Waals surface area contributed by atoms with Crippen LogP contribution in [-0.4, -0.2) is 31.2 Å². The van der Waals surface area contributed by atoms with E-state index in [2.05, 4.69) is 4.84 Å². The average molecular weight is 293 g/mol. The molecular weight excluding hydrogens is 282 g/mol. The minimum Gasteiger partial charge on any atom is -0.497 e. The van der Waals surface area contributed by atoms with Gasteiger partial charge in [0, 0.05) is 0 Å². The van der Waals surface area contributed by atoms with Gasteiger partial charge in [-0.15, -0.1) is 0 Å². The van der Waals surface area contributed by atoms with Crippen LogP contribution in [0.5, 0.6) is 5.75 Å². The van der Waals surface area contributed by atoms with Crippen LogP contribution in [0.1, 0.15) is 0 Å². The van der Waals surface area contributed by atoms with E-state index < -0.39 is 17.3 Å². The van der Waals surface area contributed by atoms with Crippen molar-refractivity contribution in [2.45, 2.75) is 0 Å². The highest BCUT2D eigenvalue weighted by atomic mass is 16.7. The lowest BCUT2D eigenvalue weighted by atomic mass is 10.2. The van der Waals surface area contributed by atoms with Gasteiger partial charge in [-0.3, -0.25) is 14.4 Å². The molecule has 0 bridgehead atoms. The number of hydroxylamine groups is 1. The van der Waals surface area contributed by atoms with Crippen molar-refractivity contribution in [3.05, 3.63) is 34.7 Å². The summed E-state index contributed by atoms with van der Waals surface area (Å²) in [5.41, 5.74) is -0.694. The van der Waals surface area contributed by atoms with E-state index in [0.717, 1.165) is 13.4 Å². The van der Waals surface area contributed by atoms with Crippen molar-refractivity contribution in [1.29, 1.82) is 0 Å². The molecule has 0 aliphatic heterocycles. The predicted octanol–water partition coefficient (Wildman–Crippen LogP) is 0.781. The monoisotopic (exact) mass is 293 g/mol. The molecule has 0 unspecified atom stereocenters. The van der Waals surface area contributed by atoms with Crippen LogP contribution in [0, 0.1) is 0 Å². The van der Waals surface area contributed by atoms with Gasteiger partial charge in [-0.05, 0) is 18.2 Å². The lowest BCUT2D eigenvalue weighted by Crippen LogP contribution is -2.38. The van der Waals surface area contributed by atoms with Gasteiger partial charge >= 0.3 is 11.9 Å². The van der Waals surface area contributed by atoms with E-state index in [-0.39, 0.29) is 16.7 Å². The number of methoxy groups -OCH3 is 1. The van der Waals surface area contributed by atoms with Crippen LogP contribution in [0.25, 0.3) is 11.0 Å². The molecule has 0 spiro atoms. The first-order chi connectivity index (χ1) is 9.99. The largest absolute Gasteiger partial charge is 0.497 e. The molecule has 1 aromatic heterocycles. The molecule has 1 heterocycles. The molecule has 0 saturated heterocycles. The zero-order valence-corrected chi connectivity index (χ0v) is 11.2. The molecule has 2 rings (SSSR count). The first kappa shape index (κ1) is 14.5. The van der Waals surface area contributed by atoms with Crippen molar-refractivity contribution in [2.24, 2.45) is 0 Å². The molecule has 8 heteroatoms. The van der Waals surface area contributed by atoms with Gasteiger partial charge in [-0.2, -0.15) is 5.06 Å². The van der Waals surface area contributed by atoms with Crippen LogP contribution >= 0.6 is 0 Å². The number of rotatable bonds is 3. The summed E-state index contributed by atoms with van der Waals surface area (Å²) < 4.78 is 10.2. The summed E-state index contributed by atoms with van der Waals surface area (Å²) in [6, 6.07) is 4.54. The molecule has 21 heavy (non-hydrogen) atoms. The van der Waals surface area contributed by atoms with Crippen molar-refractivity contribution in [3.8, 4) is 5.75 Å². The van der Waals surface area contributed by atoms with Gasteiger partial charge in [0.25, 0.3) is 0 Å². The number of ether oxygens (including phenoxy) is 1. The normalized spacial score (nSPS) is 10.4. The lowest BCUT2D eigenvalue weighted by molar-refractivity contribution is -0.151. The van der Waals surface area contributed by atoms with E-state index in [1.807, 2.05) is 0 Å². The highest BCUT2D eigenvalue weighted by Gasteiger charge is 2.26. The van der Waals surface area contributed by atoms with Crippen LogP contribution < -0.4 is 15.2 Å². The molecule has 110 valence electrons. The number of fused-ring (bicyclic) bond motifs is 1. The number of carboxylic acids is 1. The van der Waals surface area contributed by atoms with Gasteiger partial charge in [0.1, 0.15) is 17.6 Å². The lowest BCUT2D eigenvalue weighted by Gasteiger charge is -2.16. The van der Waals surface area contributed by atoms with E-state index in [0.29, 0.717) is 10.8 Å². The number of carboxylic acid groups (broad SMARTS) is 1. The Balaban J connectivity index is 2.64. The second kappa shape index (κ2) is 5.63. The predicted molar refractivity (Wildman–Crippen MR) is 71.2 cm³/mol. The average Bonchev–Trinajstić information content (AvgIpc) is 2.49. The van der Waals surface area contributed by atoms with Gasteiger partial charge in [-0.25, -0.2) is 4.79 Å². The number of carbonyl (C=O) groups is 2. The first-order valence-electron chi connectivity index (χ1n) is 5.70. The maximum atomic E-state index is 12.3. The SMILES string of the molecule is COc1ccc2occ(N(OC)C(=O)C(=O)O)c(=O)c2c1. The topological polar surface area (TPSA) is 106 Å². The molecule has 8 nitrogen and oxygen atoms in total. The summed E-state index contributed by atoms with van der Waals surface area (Å²) in [6.07, 6.45) is 0.960. The molecule has 1 aromatic carbocycles. The van der Waals surface area contributed by atoms with E-state index in [1.165, 1.54) is 19.2 Å². The summed E-state index contributed by atoms with van der Waals surface area (Å²) >= 11 is 0. The fraction of sp³-hybridized carbons (Fsp3) is 0.154. The van der Waals surface area contributed by atoms with Gasteiger partial charge < -0.3 is 14.3 Å². The molecule has 0 saturated carbocycles. The molecule has 0 atom stereocenters. The number of amides is 1. The number of benzene rings is 1. The number of hydrogen-bond acceptors (Lipinski definition) is 6. The number of carbonyl (C=O) groups excluding carboxylic acids is 1. The van der Waals surface area contributed by atoms with E-state index >= 15 is 0 Å². The molecular formula is C13H11NO7. The third-order valence-electron chi connectivity index (χ3n) is 2.73. The van der Waals surface area contributed by atoms with Crippen molar-refractivity contribution < 1.29 is 28.7 Å². The Morgan fingerprint density at radius 2 is 2.00 bits per heavy atom. The summed E-state index contributed by atoms with van der Waals surface area (Å²) in [7, 11) is 2.50. The second-order valence-electron chi connectivity index (χ2n) is 3.90. The number of hydrogen-bond donors (Lipinski definition) is 1. The van der Waals surface area contributed by atoms with Gasteiger partial charge in [0.05, 0.1) is 19.6 Å². The third-order valence-corrected chi connectivity index (χ3v) is 2.73. The molecule has 2 aromatic rings. The zero-order chi connectivity index (χ0) is 15.6. The summed E-state index contributed by atoms with van der Waals surface area (Å²) in [5, 5.41) is 9.19. The van der Waals surface area contributed by atoms with E-state index in [9.17, 15) is 14.4 Å².